The lowest BCUT2D eigenvalue weighted by atomic mass is 9.90. The monoisotopic (exact) mass is 368 g/mol. The molecule has 2 atom stereocenters. The summed E-state index contributed by atoms with van der Waals surface area (Å²) >= 11 is 0. The SMILES string of the molecule is CC1CCN(C(=O)[C@@H]2CCCN2C(=O)CC(c2ccccc2)C2CC2)CC1. The first kappa shape index (κ1) is 18.5. The highest BCUT2D eigenvalue weighted by Gasteiger charge is 2.40. The van der Waals surface area contributed by atoms with Crippen LogP contribution >= 0.6 is 0 Å². The lowest BCUT2D eigenvalue weighted by Gasteiger charge is -2.35. The van der Waals surface area contributed by atoms with Crippen LogP contribution in [0.5, 0.6) is 0 Å². The first-order chi connectivity index (χ1) is 13.1. The van der Waals surface area contributed by atoms with Gasteiger partial charge >= 0.3 is 0 Å². The van der Waals surface area contributed by atoms with Gasteiger partial charge in [-0.2, -0.15) is 0 Å². The number of piperidine rings is 1. The van der Waals surface area contributed by atoms with E-state index < -0.39 is 0 Å². The van der Waals surface area contributed by atoms with E-state index in [-0.39, 0.29) is 17.9 Å². The van der Waals surface area contributed by atoms with Gasteiger partial charge in [0.15, 0.2) is 0 Å². The Labute approximate surface area is 162 Å². The van der Waals surface area contributed by atoms with Crippen LogP contribution in [0.1, 0.15) is 63.4 Å². The average molecular weight is 369 g/mol. The molecule has 0 aromatic heterocycles. The van der Waals surface area contributed by atoms with Crippen molar-refractivity contribution in [1.29, 1.82) is 0 Å². The Bertz CT molecular complexity index is 662. The normalized spacial score (nSPS) is 24.9. The van der Waals surface area contributed by atoms with E-state index >= 15 is 0 Å². The molecule has 0 bridgehead atoms. The van der Waals surface area contributed by atoms with Crippen molar-refractivity contribution in [3.63, 3.8) is 0 Å². The third-order valence-corrected chi connectivity index (χ3v) is 6.77. The molecule has 4 rings (SSSR count). The van der Waals surface area contributed by atoms with E-state index in [1.54, 1.807) is 0 Å². The minimum atomic E-state index is -0.221. The topological polar surface area (TPSA) is 40.6 Å². The van der Waals surface area contributed by atoms with Gasteiger partial charge in [-0.05, 0) is 61.8 Å². The number of benzene rings is 1. The predicted octanol–water partition coefficient (Wildman–Crippen LogP) is 3.82. The van der Waals surface area contributed by atoms with E-state index in [4.69, 9.17) is 0 Å². The van der Waals surface area contributed by atoms with E-state index in [9.17, 15) is 9.59 Å². The number of carbonyl (C=O) groups is 2. The number of carbonyl (C=O) groups excluding carboxylic acids is 2. The van der Waals surface area contributed by atoms with Crippen molar-refractivity contribution >= 4 is 11.8 Å². The van der Waals surface area contributed by atoms with Crippen LogP contribution < -0.4 is 0 Å². The van der Waals surface area contributed by atoms with Gasteiger partial charge in [-0.25, -0.2) is 0 Å². The lowest BCUT2D eigenvalue weighted by Crippen LogP contribution is -2.50. The molecule has 1 aromatic carbocycles. The molecular weight excluding hydrogens is 336 g/mol. The Morgan fingerprint density at radius 2 is 1.70 bits per heavy atom. The smallest absolute Gasteiger partial charge is 0.245 e. The molecule has 1 aliphatic carbocycles. The van der Waals surface area contributed by atoms with E-state index in [0.29, 0.717) is 24.2 Å². The van der Waals surface area contributed by atoms with Crippen LogP contribution in [0.2, 0.25) is 0 Å². The molecule has 2 amide bonds. The van der Waals surface area contributed by atoms with E-state index in [2.05, 4.69) is 31.2 Å². The van der Waals surface area contributed by atoms with Crippen LogP contribution in [-0.2, 0) is 9.59 Å². The molecule has 1 saturated carbocycles. The standard InChI is InChI=1S/C23H32N2O2/c1-17-11-14-24(15-12-17)23(27)21-8-5-13-25(21)22(26)16-20(19-9-10-19)18-6-3-2-4-7-18/h2-4,6-7,17,19-21H,5,8-16H2,1H3/t20?,21-/m0/s1. The zero-order valence-electron chi connectivity index (χ0n) is 16.5. The van der Waals surface area contributed by atoms with Crippen LogP contribution in [0.15, 0.2) is 30.3 Å². The summed E-state index contributed by atoms with van der Waals surface area (Å²) in [6.07, 6.45) is 6.95. The second kappa shape index (κ2) is 8.04. The summed E-state index contributed by atoms with van der Waals surface area (Å²) in [6.45, 7) is 4.71. The number of rotatable bonds is 5. The molecule has 27 heavy (non-hydrogen) atoms. The molecule has 1 unspecified atom stereocenters. The largest absolute Gasteiger partial charge is 0.341 e. The molecule has 4 nitrogen and oxygen atoms in total. The highest BCUT2D eigenvalue weighted by atomic mass is 16.2. The maximum absolute atomic E-state index is 13.2. The molecule has 3 fully saturated rings. The minimum Gasteiger partial charge on any atom is -0.341 e. The van der Waals surface area contributed by atoms with Crippen molar-refractivity contribution in [2.24, 2.45) is 11.8 Å². The predicted molar refractivity (Wildman–Crippen MR) is 106 cm³/mol. The summed E-state index contributed by atoms with van der Waals surface area (Å²) in [7, 11) is 0. The van der Waals surface area contributed by atoms with Crippen LogP contribution in [-0.4, -0.2) is 47.3 Å². The lowest BCUT2D eigenvalue weighted by molar-refractivity contribution is -0.145. The van der Waals surface area contributed by atoms with Gasteiger partial charge in [0.1, 0.15) is 6.04 Å². The van der Waals surface area contributed by atoms with Gasteiger partial charge in [0.05, 0.1) is 0 Å². The molecule has 4 heteroatoms. The minimum absolute atomic E-state index is 0.178. The summed E-state index contributed by atoms with van der Waals surface area (Å²) < 4.78 is 0. The van der Waals surface area contributed by atoms with Crippen molar-refractivity contribution in [3.8, 4) is 0 Å². The van der Waals surface area contributed by atoms with Crippen LogP contribution in [0, 0.1) is 11.8 Å². The fraction of sp³-hybridized carbons (Fsp3) is 0.652. The Kier molecular flexibility index (Phi) is 5.51. The summed E-state index contributed by atoms with van der Waals surface area (Å²) in [5.74, 6) is 2.02. The summed E-state index contributed by atoms with van der Waals surface area (Å²) in [5.41, 5.74) is 1.28. The third kappa shape index (κ3) is 4.20. The Hall–Kier alpha value is -1.84. The fourth-order valence-corrected chi connectivity index (χ4v) is 4.82. The van der Waals surface area contributed by atoms with Crippen LogP contribution in [0.3, 0.4) is 0 Å². The quantitative estimate of drug-likeness (QED) is 0.793. The number of amides is 2. The van der Waals surface area contributed by atoms with Crippen molar-refractivity contribution in [3.05, 3.63) is 35.9 Å². The highest BCUT2D eigenvalue weighted by molar-refractivity contribution is 5.88. The van der Waals surface area contributed by atoms with Gasteiger partial charge in [0, 0.05) is 26.1 Å². The number of nitrogens with zero attached hydrogens (tertiary/aromatic N) is 2. The van der Waals surface area contributed by atoms with Crippen molar-refractivity contribution in [2.45, 2.75) is 63.8 Å². The summed E-state index contributed by atoms with van der Waals surface area (Å²) in [5, 5.41) is 0. The molecule has 0 radical (unpaired) electrons. The average Bonchev–Trinajstić information content (AvgIpc) is 3.42. The first-order valence-electron chi connectivity index (χ1n) is 10.8. The fourth-order valence-electron chi connectivity index (χ4n) is 4.82. The molecule has 3 aliphatic rings. The Morgan fingerprint density at radius 3 is 2.37 bits per heavy atom. The molecule has 0 spiro atoms. The molecule has 1 aromatic rings. The maximum atomic E-state index is 13.2. The van der Waals surface area contributed by atoms with E-state index in [1.807, 2.05) is 15.9 Å². The van der Waals surface area contributed by atoms with E-state index in [1.165, 1.54) is 18.4 Å². The molecule has 2 heterocycles. The summed E-state index contributed by atoms with van der Waals surface area (Å²) in [6, 6.07) is 10.2. The third-order valence-electron chi connectivity index (χ3n) is 6.77. The molecule has 0 N–H and O–H groups in total. The van der Waals surface area contributed by atoms with Crippen LogP contribution in [0.25, 0.3) is 0 Å². The van der Waals surface area contributed by atoms with Gasteiger partial charge in [-0.15, -0.1) is 0 Å². The number of hydrogen-bond acceptors (Lipinski definition) is 2. The van der Waals surface area contributed by atoms with Gasteiger partial charge in [-0.3, -0.25) is 9.59 Å². The van der Waals surface area contributed by atoms with Gasteiger partial charge < -0.3 is 9.80 Å². The maximum Gasteiger partial charge on any atom is 0.245 e. The van der Waals surface area contributed by atoms with Crippen molar-refractivity contribution in [1.82, 2.24) is 9.80 Å². The zero-order chi connectivity index (χ0) is 18.8. The first-order valence-corrected chi connectivity index (χ1v) is 10.8. The number of hydrogen-bond donors (Lipinski definition) is 0. The van der Waals surface area contributed by atoms with Gasteiger partial charge in [0.25, 0.3) is 0 Å². The highest BCUT2D eigenvalue weighted by Crippen LogP contribution is 2.45. The van der Waals surface area contributed by atoms with Gasteiger partial charge in [0.2, 0.25) is 11.8 Å². The molecule has 2 aliphatic heterocycles. The molecule has 146 valence electrons. The van der Waals surface area contributed by atoms with Crippen molar-refractivity contribution in [2.75, 3.05) is 19.6 Å². The second-order valence-corrected chi connectivity index (χ2v) is 8.81. The van der Waals surface area contributed by atoms with Gasteiger partial charge in [-0.1, -0.05) is 37.3 Å². The van der Waals surface area contributed by atoms with E-state index in [0.717, 1.165) is 45.3 Å². The second-order valence-electron chi connectivity index (χ2n) is 8.81. The molecule has 2 saturated heterocycles. The summed E-state index contributed by atoms with van der Waals surface area (Å²) in [4.78, 5) is 30.1. The Morgan fingerprint density at radius 1 is 1.00 bits per heavy atom. The zero-order valence-corrected chi connectivity index (χ0v) is 16.5. The van der Waals surface area contributed by atoms with Crippen molar-refractivity contribution < 1.29 is 9.59 Å². The Balaban J connectivity index is 1.42. The molecular formula is C23H32N2O2. The van der Waals surface area contributed by atoms with Crippen LogP contribution in [0.4, 0.5) is 0 Å². The number of likely N-dealkylation sites (tertiary alicyclic amines) is 2.